The van der Waals surface area contributed by atoms with E-state index < -0.39 is 0 Å². The molecule has 0 aromatic carbocycles. The molecule has 6 nitrogen and oxygen atoms in total. The van der Waals surface area contributed by atoms with E-state index in [2.05, 4.69) is 23.8 Å². The number of fused-ring (bicyclic) bond motifs is 1. The zero-order chi connectivity index (χ0) is 16.6. The molecule has 3 rings (SSSR count). The molecule has 2 unspecified atom stereocenters. The topological polar surface area (TPSA) is 75.3 Å². The van der Waals surface area contributed by atoms with Gasteiger partial charge in [0.2, 0.25) is 5.91 Å². The van der Waals surface area contributed by atoms with Crippen molar-refractivity contribution in [1.82, 2.24) is 14.9 Å². The molecule has 3 heterocycles. The number of rotatable bonds is 3. The monoisotopic (exact) mass is 319 g/mol. The number of aromatic nitrogens is 2. The fraction of sp³-hybridized carbons (Fsp3) is 0.706. The molecule has 0 bridgehead atoms. The summed E-state index contributed by atoms with van der Waals surface area (Å²) in [5.41, 5.74) is 1.26. The Balaban J connectivity index is 1.62. The highest BCUT2D eigenvalue weighted by Gasteiger charge is 2.31. The Morgan fingerprint density at radius 2 is 2.22 bits per heavy atom. The molecule has 1 amide bonds. The van der Waals surface area contributed by atoms with Crippen molar-refractivity contribution >= 4 is 5.91 Å². The molecule has 1 fully saturated rings. The molecule has 0 radical (unpaired) electrons. The second-order valence-corrected chi connectivity index (χ2v) is 7.07. The van der Waals surface area contributed by atoms with Crippen LogP contribution in [0, 0.1) is 18.8 Å². The zero-order valence-corrected chi connectivity index (χ0v) is 14.1. The summed E-state index contributed by atoms with van der Waals surface area (Å²) in [5, 5.41) is 0. The highest BCUT2D eigenvalue weighted by molar-refractivity contribution is 5.77. The number of nitrogens with zero attached hydrogens (tertiary/aromatic N) is 2. The van der Waals surface area contributed by atoms with Crippen molar-refractivity contribution in [2.75, 3.05) is 6.61 Å². The minimum Gasteiger partial charge on any atom is -0.378 e. The average molecular weight is 319 g/mol. The van der Waals surface area contributed by atoms with Gasteiger partial charge >= 0.3 is 0 Å². The summed E-state index contributed by atoms with van der Waals surface area (Å²) in [4.78, 5) is 33.4. The molecule has 0 saturated carbocycles. The van der Waals surface area contributed by atoms with Crippen LogP contribution in [0.15, 0.2) is 4.79 Å². The fourth-order valence-electron chi connectivity index (χ4n) is 3.49. The van der Waals surface area contributed by atoms with Crippen LogP contribution in [0.25, 0.3) is 0 Å². The van der Waals surface area contributed by atoms with E-state index in [1.54, 1.807) is 11.8 Å². The number of carbonyl (C=O) groups is 1. The molecule has 0 aliphatic carbocycles. The van der Waals surface area contributed by atoms with Crippen molar-refractivity contribution in [1.29, 1.82) is 0 Å². The second-order valence-electron chi connectivity index (χ2n) is 7.07. The van der Waals surface area contributed by atoms with Gasteiger partial charge in [-0.2, -0.15) is 0 Å². The number of nitrogens with one attached hydrogen (secondary N) is 1. The Morgan fingerprint density at radius 1 is 1.43 bits per heavy atom. The van der Waals surface area contributed by atoms with Gasteiger partial charge < -0.3 is 14.6 Å². The predicted octanol–water partition coefficient (Wildman–Crippen LogP) is 1.76. The van der Waals surface area contributed by atoms with Gasteiger partial charge in [0.25, 0.3) is 5.56 Å². The number of aromatic amines is 1. The number of H-pyrrole nitrogens is 1. The Morgan fingerprint density at radius 3 is 2.96 bits per heavy atom. The summed E-state index contributed by atoms with van der Waals surface area (Å²) >= 11 is 0. The molecule has 2 atom stereocenters. The van der Waals surface area contributed by atoms with Gasteiger partial charge in [0.05, 0.1) is 30.5 Å². The summed E-state index contributed by atoms with van der Waals surface area (Å²) in [5.74, 6) is 1.58. The van der Waals surface area contributed by atoms with Gasteiger partial charge in [-0.1, -0.05) is 13.8 Å². The smallest absolute Gasteiger partial charge is 0.256 e. The van der Waals surface area contributed by atoms with E-state index in [9.17, 15) is 9.59 Å². The molecule has 2 aliphatic heterocycles. The zero-order valence-electron chi connectivity index (χ0n) is 14.1. The van der Waals surface area contributed by atoms with Crippen LogP contribution >= 0.6 is 0 Å². The standard InChI is InChI=1S/C17H25N3O3/c1-10(2)15-6-12(4-5-23-15)7-16(21)20-8-13-14(9-20)18-11(3)19-17(13)22/h10,12,15H,4-9H2,1-3H3,(H,18,19,22). The van der Waals surface area contributed by atoms with E-state index >= 15 is 0 Å². The van der Waals surface area contributed by atoms with Gasteiger partial charge in [-0.25, -0.2) is 4.98 Å². The van der Waals surface area contributed by atoms with Crippen molar-refractivity contribution in [2.45, 2.75) is 59.2 Å². The van der Waals surface area contributed by atoms with Crippen molar-refractivity contribution in [3.8, 4) is 0 Å². The third-order valence-electron chi connectivity index (χ3n) is 4.89. The third kappa shape index (κ3) is 3.47. The number of carbonyl (C=O) groups excluding carboxylic acids is 1. The van der Waals surface area contributed by atoms with E-state index in [1.165, 1.54) is 0 Å². The predicted molar refractivity (Wildman–Crippen MR) is 85.8 cm³/mol. The van der Waals surface area contributed by atoms with Gasteiger partial charge in [-0.3, -0.25) is 9.59 Å². The maximum atomic E-state index is 12.6. The SMILES string of the molecule is Cc1nc2c(c(=O)[nH]1)CN(C(=O)CC1CCOC(C(C)C)C1)C2. The third-order valence-corrected chi connectivity index (χ3v) is 4.89. The lowest BCUT2D eigenvalue weighted by molar-refractivity contribution is -0.134. The molecule has 1 N–H and O–H groups in total. The average Bonchev–Trinajstić information content (AvgIpc) is 2.92. The quantitative estimate of drug-likeness (QED) is 0.921. The van der Waals surface area contributed by atoms with Crippen LogP contribution in [0.4, 0.5) is 0 Å². The van der Waals surface area contributed by atoms with Crippen LogP contribution in [0.3, 0.4) is 0 Å². The van der Waals surface area contributed by atoms with Crippen LogP contribution in [0.2, 0.25) is 0 Å². The van der Waals surface area contributed by atoms with Crippen LogP contribution in [0.5, 0.6) is 0 Å². The highest BCUT2D eigenvalue weighted by Crippen LogP contribution is 2.29. The Labute approximate surface area is 136 Å². The van der Waals surface area contributed by atoms with Gasteiger partial charge in [0.1, 0.15) is 5.82 Å². The van der Waals surface area contributed by atoms with Gasteiger partial charge in [-0.15, -0.1) is 0 Å². The maximum absolute atomic E-state index is 12.6. The lowest BCUT2D eigenvalue weighted by Gasteiger charge is -2.32. The number of aryl methyl sites for hydroxylation is 1. The van der Waals surface area contributed by atoms with E-state index in [4.69, 9.17) is 4.74 Å². The van der Waals surface area contributed by atoms with Gasteiger partial charge in [-0.05, 0) is 31.6 Å². The van der Waals surface area contributed by atoms with Gasteiger partial charge in [0.15, 0.2) is 0 Å². The first kappa shape index (κ1) is 16.2. The van der Waals surface area contributed by atoms with E-state index in [0.29, 0.717) is 42.7 Å². The summed E-state index contributed by atoms with van der Waals surface area (Å²) in [6.07, 6.45) is 2.68. The molecule has 1 aromatic rings. The Bertz CT molecular complexity index is 653. The maximum Gasteiger partial charge on any atom is 0.256 e. The van der Waals surface area contributed by atoms with Gasteiger partial charge in [0, 0.05) is 13.0 Å². The van der Waals surface area contributed by atoms with Crippen LogP contribution < -0.4 is 5.56 Å². The summed E-state index contributed by atoms with van der Waals surface area (Å²) in [7, 11) is 0. The number of ether oxygens (including phenoxy) is 1. The normalized spacial score (nSPS) is 24.1. The van der Waals surface area contributed by atoms with Crippen molar-refractivity contribution in [3.05, 3.63) is 27.4 Å². The van der Waals surface area contributed by atoms with Crippen LogP contribution in [-0.2, 0) is 22.6 Å². The van der Waals surface area contributed by atoms with Crippen molar-refractivity contribution in [3.63, 3.8) is 0 Å². The number of hydrogen-bond acceptors (Lipinski definition) is 4. The summed E-state index contributed by atoms with van der Waals surface area (Å²) in [6, 6.07) is 0. The first-order valence-corrected chi connectivity index (χ1v) is 8.42. The molecule has 0 spiro atoms. The second kappa shape index (κ2) is 6.43. The largest absolute Gasteiger partial charge is 0.378 e. The summed E-state index contributed by atoms with van der Waals surface area (Å²) in [6.45, 7) is 7.66. The molecule has 1 saturated heterocycles. The van der Waals surface area contributed by atoms with E-state index in [1.807, 2.05) is 0 Å². The van der Waals surface area contributed by atoms with E-state index in [-0.39, 0.29) is 17.6 Å². The van der Waals surface area contributed by atoms with E-state index in [0.717, 1.165) is 25.1 Å². The first-order valence-electron chi connectivity index (χ1n) is 8.42. The molecule has 2 aliphatic rings. The lowest BCUT2D eigenvalue weighted by atomic mass is 9.88. The van der Waals surface area contributed by atoms with Crippen molar-refractivity contribution < 1.29 is 9.53 Å². The van der Waals surface area contributed by atoms with Crippen LogP contribution in [-0.4, -0.2) is 33.5 Å². The minimum atomic E-state index is -0.117. The molecular weight excluding hydrogens is 294 g/mol. The lowest BCUT2D eigenvalue weighted by Crippen LogP contribution is -2.34. The Kier molecular flexibility index (Phi) is 4.53. The molecule has 1 aromatic heterocycles. The fourth-order valence-corrected chi connectivity index (χ4v) is 3.49. The molecule has 126 valence electrons. The Hall–Kier alpha value is -1.69. The number of hydrogen-bond donors (Lipinski definition) is 1. The van der Waals surface area contributed by atoms with Crippen molar-refractivity contribution in [2.24, 2.45) is 11.8 Å². The highest BCUT2D eigenvalue weighted by atomic mass is 16.5. The number of amides is 1. The molecular formula is C17H25N3O3. The minimum absolute atomic E-state index is 0.117. The summed E-state index contributed by atoms with van der Waals surface area (Å²) < 4.78 is 5.78. The first-order chi connectivity index (χ1) is 10.9. The van der Waals surface area contributed by atoms with Crippen LogP contribution in [0.1, 0.15) is 50.2 Å². The molecule has 23 heavy (non-hydrogen) atoms. The molecule has 6 heteroatoms.